The fourth-order valence-corrected chi connectivity index (χ4v) is 6.23. The first-order valence-electron chi connectivity index (χ1n) is 12.6. The van der Waals surface area contributed by atoms with Gasteiger partial charge in [-0.3, -0.25) is 4.98 Å². The minimum absolute atomic E-state index is 0.0254. The number of rotatable bonds is 10. The van der Waals surface area contributed by atoms with Gasteiger partial charge in [0.25, 0.3) is 10.0 Å². The second kappa shape index (κ2) is 12.2. The van der Waals surface area contributed by atoms with Crippen molar-refractivity contribution in [3.8, 4) is 11.5 Å². The first-order valence-corrected chi connectivity index (χ1v) is 14.4. The number of halogens is 3. The number of hydrogen-bond donors (Lipinski definition) is 1. The van der Waals surface area contributed by atoms with Crippen molar-refractivity contribution in [2.45, 2.75) is 18.0 Å². The highest BCUT2D eigenvalue weighted by atomic mass is 35.5. The summed E-state index contributed by atoms with van der Waals surface area (Å²) >= 11 is 6.48. The van der Waals surface area contributed by atoms with E-state index in [4.69, 9.17) is 21.1 Å². The van der Waals surface area contributed by atoms with E-state index in [2.05, 4.69) is 15.3 Å². The number of nitrogens with zero attached hydrogens (tertiary/aromatic N) is 3. The molecule has 0 saturated heterocycles. The molecule has 3 aromatic carbocycles. The molecule has 5 rings (SSSR count). The first-order chi connectivity index (χ1) is 20.2. The smallest absolute Gasteiger partial charge is 0.268 e. The van der Waals surface area contributed by atoms with Crippen molar-refractivity contribution in [2.75, 3.05) is 23.8 Å². The van der Waals surface area contributed by atoms with Gasteiger partial charge in [0, 0.05) is 36.0 Å². The number of pyridine rings is 2. The van der Waals surface area contributed by atoms with Crippen LogP contribution in [0.1, 0.15) is 11.1 Å². The van der Waals surface area contributed by atoms with Gasteiger partial charge in [-0.25, -0.2) is 22.1 Å². The molecule has 0 fully saturated rings. The van der Waals surface area contributed by atoms with Gasteiger partial charge in [0.1, 0.15) is 28.0 Å². The van der Waals surface area contributed by atoms with Crippen molar-refractivity contribution < 1.29 is 26.7 Å². The SMILES string of the molecule is COc1ccc(CN(c2cccc(F)n2)S(=O)(=O)c2cc(Cl)c(NCc3cccc4ccncc34)cc2F)c(OC)c1. The van der Waals surface area contributed by atoms with Gasteiger partial charge in [-0.15, -0.1) is 0 Å². The fraction of sp³-hybridized carbons (Fsp3) is 0.133. The van der Waals surface area contributed by atoms with Crippen molar-refractivity contribution in [1.82, 2.24) is 9.97 Å². The molecular weight excluding hydrogens is 586 g/mol. The van der Waals surface area contributed by atoms with E-state index in [1.54, 1.807) is 30.6 Å². The van der Waals surface area contributed by atoms with Crippen LogP contribution in [0, 0.1) is 11.8 Å². The molecule has 0 aliphatic heterocycles. The first kappa shape index (κ1) is 29.0. The van der Waals surface area contributed by atoms with Crippen molar-refractivity contribution in [3.63, 3.8) is 0 Å². The van der Waals surface area contributed by atoms with E-state index < -0.39 is 26.7 Å². The molecule has 0 aliphatic rings. The Morgan fingerprint density at radius 3 is 2.52 bits per heavy atom. The molecule has 0 spiro atoms. The van der Waals surface area contributed by atoms with Crippen LogP contribution in [0.15, 0.2) is 90.1 Å². The van der Waals surface area contributed by atoms with Gasteiger partial charge in [-0.2, -0.15) is 4.39 Å². The highest BCUT2D eigenvalue weighted by Gasteiger charge is 2.31. The predicted octanol–water partition coefficient (Wildman–Crippen LogP) is 6.59. The summed E-state index contributed by atoms with van der Waals surface area (Å²) in [5.41, 5.74) is 1.49. The van der Waals surface area contributed by atoms with Gasteiger partial charge in [0.05, 0.1) is 31.5 Å². The monoisotopic (exact) mass is 610 g/mol. The zero-order chi connectivity index (χ0) is 29.9. The van der Waals surface area contributed by atoms with Crippen LogP contribution in [0.4, 0.5) is 20.3 Å². The second-order valence-corrected chi connectivity index (χ2v) is 11.4. The highest BCUT2D eigenvalue weighted by molar-refractivity contribution is 7.92. The standard InChI is InChI=1S/C30H25ClF2N4O4S/c1-40-22-10-9-21(27(13-22)41-2)18-37(30-8-4-7-29(33)36-30)42(38,39)28-14-24(31)26(15-25(28)32)35-16-20-6-3-5-19-11-12-34-17-23(19)20/h3-15,17,35H,16,18H2,1-2H3. The lowest BCUT2D eigenvalue weighted by Crippen LogP contribution is -2.32. The topological polar surface area (TPSA) is 93.7 Å². The van der Waals surface area contributed by atoms with E-state index in [-0.39, 0.29) is 29.6 Å². The summed E-state index contributed by atoms with van der Waals surface area (Å²) in [7, 11) is -1.76. The number of fused-ring (bicyclic) bond motifs is 1. The lowest BCUT2D eigenvalue weighted by molar-refractivity contribution is 0.391. The van der Waals surface area contributed by atoms with Crippen molar-refractivity contribution in [2.24, 2.45) is 0 Å². The number of sulfonamides is 1. The summed E-state index contributed by atoms with van der Waals surface area (Å²) < 4.78 is 69.1. The Labute approximate surface area is 246 Å². The molecule has 8 nitrogen and oxygen atoms in total. The summed E-state index contributed by atoms with van der Waals surface area (Å²) in [6.07, 6.45) is 3.43. The molecule has 0 atom stereocenters. The Kier molecular flexibility index (Phi) is 8.41. The third kappa shape index (κ3) is 5.93. The van der Waals surface area contributed by atoms with Crippen LogP contribution in [0.25, 0.3) is 10.8 Å². The molecular formula is C30H25ClF2N4O4S. The summed E-state index contributed by atoms with van der Waals surface area (Å²) in [6, 6.07) is 18.1. The summed E-state index contributed by atoms with van der Waals surface area (Å²) in [5, 5.41) is 4.95. The number of benzene rings is 3. The van der Waals surface area contributed by atoms with E-state index in [9.17, 15) is 12.8 Å². The molecule has 12 heteroatoms. The quantitative estimate of drug-likeness (QED) is 0.178. The highest BCUT2D eigenvalue weighted by Crippen LogP contribution is 2.34. The van der Waals surface area contributed by atoms with Crippen LogP contribution in [-0.2, 0) is 23.1 Å². The molecule has 0 amide bonds. The molecule has 2 aromatic heterocycles. The maximum Gasteiger partial charge on any atom is 0.268 e. The third-order valence-electron chi connectivity index (χ3n) is 6.60. The van der Waals surface area contributed by atoms with Gasteiger partial charge < -0.3 is 14.8 Å². The van der Waals surface area contributed by atoms with Crippen LogP contribution in [0.2, 0.25) is 5.02 Å². The normalized spacial score (nSPS) is 11.4. The lowest BCUT2D eigenvalue weighted by atomic mass is 10.1. The molecule has 216 valence electrons. The zero-order valence-corrected chi connectivity index (χ0v) is 24.1. The van der Waals surface area contributed by atoms with Gasteiger partial charge in [0.15, 0.2) is 0 Å². The lowest BCUT2D eigenvalue weighted by Gasteiger charge is -2.25. The van der Waals surface area contributed by atoms with Gasteiger partial charge in [-0.1, -0.05) is 35.9 Å². The van der Waals surface area contributed by atoms with Gasteiger partial charge >= 0.3 is 0 Å². The average molecular weight is 611 g/mol. The average Bonchev–Trinajstić information content (AvgIpc) is 2.99. The second-order valence-electron chi connectivity index (χ2n) is 9.14. The number of nitrogens with one attached hydrogen (secondary N) is 1. The molecule has 0 radical (unpaired) electrons. The van der Waals surface area contributed by atoms with Gasteiger partial charge in [-0.05, 0) is 53.4 Å². The molecule has 0 aliphatic carbocycles. The largest absolute Gasteiger partial charge is 0.497 e. The van der Waals surface area contributed by atoms with Crippen LogP contribution >= 0.6 is 11.6 Å². The number of anilines is 2. The van der Waals surface area contributed by atoms with Crippen LogP contribution in [-0.4, -0.2) is 32.6 Å². The molecule has 1 N–H and O–H groups in total. The summed E-state index contributed by atoms with van der Waals surface area (Å²) in [4.78, 5) is 7.21. The summed E-state index contributed by atoms with van der Waals surface area (Å²) in [6.45, 7) is -0.0664. The minimum Gasteiger partial charge on any atom is -0.497 e. The molecule has 0 saturated carbocycles. The van der Waals surface area contributed by atoms with Gasteiger partial charge in [0.2, 0.25) is 5.95 Å². The number of hydrogen-bond acceptors (Lipinski definition) is 7. The molecule has 2 heterocycles. The predicted molar refractivity (Wildman–Crippen MR) is 158 cm³/mol. The third-order valence-corrected chi connectivity index (χ3v) is 8.67. The summed E-state index contributed by atoms with van der Waals surface area (Å²) in [5.74, 6) is -1.42. The Morgan fingerprint density at radius 1 is 0.952 bits per heavy atom. The van der Waals surface area contributed by atoms with E-state index in [1.807, 2.05) is 24.3 Å². The fourth-order valence-electron chi connectivity index (χ4n) is 4.46. The molecule has 42 heavy (non-hydrogen) atoms. The Hall–Kier alpha value is -4.48. The number of ether oxygens (including phenoxy) is 2. The number of aromatic nitrogens is 2. The van der Waals surface area contributed by atoms with Crippen molar-refractivity contribution in [3.05, 3.63) is 113 Å². The molecule has 0 bridgehead atoms. The van der Waals surface area contributed by atoms with Crippen LogP contribution in [0.3, 0.4) is 0 Å². The Morgan fingerprint density at radius 2 is 1.76 bits per heavy atom. The maximum absolute atomic E-state index is 15.6. The number of methoxy groups -OCH3 is 2. The van der Waals surface area contributed by atoms with E-state index >= 15 is 4.39 Å². The minimum atomic E-state index is -4.65. The zero-order valence-electron chi connectivity index (χ0n) is 22.5. The Bertz CT molecular complexity index is 1870. The van der Waals surface area contributed by atoms with E-state index in [1.165, 1.54) is 26.4 Å². The molecule has 5 aromatic rings. The van der Waals surface area contributed by atoms with Crippen LogP contribution < -0.4 is 19.1 Å². The van der Waals surface area contributed by atoms with Crippen LogP contribution in [0.5, 0.6) is 11.5 Å². The van der Waals surface area contributed by atoms with Crippen molar-refractivity contribution in [1.29, 1.82) is 0 Å². The maximum atomic E-state index is 15.6. The van der Waals surface area contributed by atoms with E-state index in [0.29, 0.717) is 17.1 Å². The van der Waals surface area contributed by atoms with Crippen molar-refractivity contribution >= 4 is 43.9 Å². The van der Waals surface area contributed by atoms with E-state index in [0.717, 1.165) is 38.8 Å². The Balaban J connectivity index is 1.50. The molecule has 0 unspecified atom stereocenters.